The summed E-state index contributed by atoms with van der Waals surface area (Å²) in [5.41, 5.74) is 14.9. The van der Waals surface area contributed by atoms with Crippen LogP contribution in [0.15, 0.2) is 48.7 Å². The van der Waals surface area contributed by atoms with Crippen molar-refractivity contribution >= 4 is 39.5 Å². The minimum Gasteiger partial charge on any atom is -0.383 e. The average Bonchev–Trinajstić information content (AvgIpc) is 3.08. The highest BCUT2D eigenvalue weighted by atomic mass is 16.1. The van der Waals surface area contributed by atoms with Crippen molar-refractivity contribution in [2.75, 3.05) is 11.5 Å². The number of nitrogens with one attached hydrogen (secondary N) is 1. The first-order valence-electron chi connectivity index (χ1n) is 8.74. The van der Waals surface area contributed by atoms with E-state index >= 15 is 0 Å². The summed E-state index contributed by atoms with van der Waals surface area (Å²) in [6, 6.07) is 13.3. The van der Waals surface area contributed by atoms with Crippen LogP contribution in [-0.4, -0.2) is 20.4 Å². The van der Waals surface area contributed by atoms with Crippen LogP contribution in [0.3, 0.4) is 0 Å². The van der Waals surface area contributed by atoms with Crippen molar-refractivity contribution < 1.29 is 4.79 Å². The molecule has 0 atom stereocenters. The van der Waals surface area contributed by atoms with Gasteiger partial charge in [-0.2, -0.15) is 4.98 Å². The summed E-state index contributed by atoms with van der Waals surface area (Å²) < 4.78 is 2.14. The summed E-state index contributed by atoms with van der Waals surface area (Å²) in [6.45, 7) is 3.37. The molecule has 0 unspecified atom stereocenters. The van der Waals surface area contributed by atoms with Gasteiger partial charge in [0.15, 0.2) is 0 Å². The first-order valence-corrected chi connectivity index (χ1v) is 8.74. The van der Waals surface area contributed by atoms with Gasteiger partial charge in [-0.1, -0.05) is 6.07 Å². The second-order valence-corrected chi connectivity index (χ2v) is 6.38. The third-order valence-corrected chi connectivity index (χ3v) is 4.63. The molecule has 2 heterocycles. The summed E-state index contributed by atoms with van der Waals surface area (Å²) in [7, 11) is 0. The number of rotatable bonds is 4. The maximum atomic E-state index is 12.5. The van der Waals surface area contributed by atoms with Crippen LogP contribution < -0.4 is 16.8 Å². The second-order valence-electron chi connectivity index (χ2n) is 6.38. The van der Waals surface area contributed by atoms with E-state index in [0.29, 0.717) is 23.4 Å². The van der Waals surface area contributed by atoms with Gasteiger partial charge in [0.2, 0.25) is 5.95 Å². The number of carbonyl (C=O) groups is 1. The SMILES string of the molecule is CCn1ccc2cc(C(=O)NCc3ccc4nc(N)nc(N)c4c3)ccc21. The molecule has 4 aromatic rings. The molecule has 7 heteroatoms. The van der Waals surface area contributed by atoms with Crippen molar-refractivity contribution in [1.82, 2.24) is 19.9 Å². The van der Waals surface area contributed by atoms with Gasteiger partial charge in [0.25, 0.3) is 5.91 Å². The Kier molecular flexibility index (Phi) is 4.12. The van der Waals surface area contributed by atoms with E-state index in [2.05, 4.69) is 26.8 Å². The Morgan fingerprint density at radius 1 is 1.11 bits per heavy atom. The molecule has 0 aliphatic rings. The highest BCUT2D eigenvalue weighted by Crippen LogP contribution is 2.21. The summed E-state index contributed by atoms with van der Waals surface area (Å²) in [6.07, 6.45) is 2.03. The quantitative estimate of drug-likeness (QED) is 0.518. The van der Waals surface area contributed by atoms with Gasteiger partial charge in [-0.3, -0.25) is 4.79 Å². The van der Waals surface area contributed by atoms with E-state index in [0.717, 1.165) is 28.4 Å². The monoisotopic (exact) mass is 360 g/mol. The third kappa shape index (κ3) is 3.15. The van der Waals surface area contributed by atoms with Crippen molar-refractivity contribution in [2.45, 2.75) is 20.0 Å². The molecule has 5 N–H and O–H groups in total. The highest BCUT2D eigenvalue weighted by Gasteiger charge is 2.09. The molecule has 0 aliphatic carbocycles. The van der Waals surface area contributed by atoms with E-state index in [-0.39, 0.29) is 11.9 Å². The number of nitrogens with two attached hydrogens (primary N) is 2. The van der Waals surface area contributed by atoms with E-state index in [9.17, 15) is 4.79 Å². The molecule has 0 bridgehead atoms. The minimum atomic E-state index is -0.122. The molecule has 0 aliphatic heterocycles. The van der Waals surface area contributed by atoms with Crippen LogP contribution in [0.4, 0.5) is 11.8 Å². The van der Waals surface area contributed by atoms with Gasteiger partial charge in [0, 0.05) is 41.1 Å². The fourth-order valence-corrected chi connectivity index (χ4v) is 3.23. The molecule has 0 saturated heterocycles. The number of nitrogen functional groups attached to an aromatic ring is 2. The van der Waals surface area contributed by atoms with Crippen LogP contribution in [0.1, 0.15) is 22.8 Å². The normalized spacial score (nSPS) is 11.1. The van der Waals surface area contributed by atoms with Crippen LogP contribution >= 0.6 is 0 Å². The van der Waals surface area contributed by atoms with Crippen molar-refractivity contribution in [3.8, 4) is 0 Å². The Labute approximate surface area is 156 Å². The van der Waals surface area contributed by atoms with Crippen LogP contribution in [0.2, 0.25) is 0 Å². The van der Waals surface area contributed by atoms with Crippen LogP contribution in [-0.2, 0) is 13.1 Å². The van der Waals surface area contributed by atoms with Crippen molar-refractivity contribution in [3.63, 3.8) is 0 Å². The molecule has 4 rings (SSSR count). The van der Waals surface area contributed by atoms with Crippen molar-refractivity contribution in [1.29, 1.82) is 0 Å². The molecular weight excluding hydrogens is 340 g/mol. The second kappa shape index (κ2) is 6.60. The van der Waals surface area contributed by atoms with E-state index in [1.807, 2.05) is 48.7 Å². The van der Waals surface area contributed by atoms with E-state index in [1.165, 1.54) is 0 Å². The van der Waals surface area contributed by atoms with Gasteiger partial charge in [0.05, 0.1) is 5.52 Å². The summed E-state index contributed by atoms with van der Waals surface area (Å²) in [5.74, 6) is 0.354. The van der Waals surface area contributed by atoms with Crippen LogP contribution in [0.25, 0.3) is 21.8 Å². The van der Waals surface area contributed by atoms with Crippen molar-refractivity contribution in [2.24, 2.45) is 0 Å². The number of hydrogen-bond acceptors (Lipinski definition) is 5. The van der Waals surface area contributed by atoms with Gasteiger partial charge in [-0.15, -0.1) is 0 Å². The lowest BCUT2D eigenvalue weighted by Crippen LogP contribution is -2.22. The molecule has 136 valence electrons. The fraction of sp³-hybridized carbons (Fsp3) is 0.150. The number of anilines is 2. The highest BCUT2D eigenvalue weighted by molar-refractivity contribution is 5.98. The lowest BCUT2D eigenvalue weighted by Gasteiger charge is -2.08. The molecule has 27 heavy (non-hydrogen) atoms. The Bertz CT molecular complexity index is 1160. The van der Waals surface area contributed by atoms with Crippen LogP contribution in [0.5, 0.6) is 0 Å². The maximum absolute atomic E-state index is 12.5. The molecular formula is C20H20N6O. The molecule has 7 nitrogen and oxygen atoms in total. The summed E-state index contributed by atoms with van der Waals surface area (Å²) in [4.78, 5) is 20.7. The standard InChI is InChI=1S/C20H20N6O/c1-2-26-8-7-13-10-14(4-6-17(13)26)19(27)23-11-12-3-5-16-15(9-12)18(21)25-20(22)24-16/h3-10H,2,11H2,1H3,(H,23,27)(H4,21,22,24,25). The van der Waals surface area contributed by atoms with Gasteiger partial charge in [-0.05, 0) is 48.9 Å². The number of benzene rings is 2. The maximum Gasteiger partial charge on any atom is 0.251 e. The van der Waals surface area contributed by atoms with Gasteiger partial charge < -0.3 is 21.4 Å². The molecule has 1 amide bonds. The zero-order valence-corrected chi connectivity index (χ0v) is 14.9. The average molecular weight is 360 g/mol. The van der Waals surface area contributed by atoms with Gasteiger partial charge in [0.1, 0.15) is 5.82 Å². The van der Waals surface area contributed by atoms with Gasteiger partial charge >= 0.3 is 0 Å². The largest absolute Gasteiger partial charge is 0.383 e. The Balaban J connectivity index is 1.53. The first kappa shape index (κ1) is 16.8. The molecule has 0 radical (unpaired) electrons. The molecule has 2 aromatic carbocycles. The lowest BCUT2D eigenvalue weighted by atomic mass is 10.1. The summed E-state index contributed by atoms with van der Waals surface area (Å²) in [5, 5.41) is 4.72. The lowest BCUT2D eigenvalue weighted by molar-refractivity contribution is 0.0951. The van der Waals surface area contributed by atoms with Crippen LogP contribution in [0, 0.1) is 0 Å². The number of amides is 1. The van der Waals surface area contributed by atoms with Crippen molar-refractivity contribution in [3.05, 3.63) is 59.8 Å². The number of hydrogen-bond donors (Lipinski definition) is 3. The Hall–Kier alpha value is -3.61. The van der Waals surface area contributed by atoms with E-state index < -0.39 is 0 Å². The first-order chi connectivity index (χ1) is 13.0. The van der Waals surface area contributed by atoms with Gasteiger partial charge in [-0.25, -0.2) is 4.98 Å². The summed E-state index contributed by atoms with van der Waals surface area (Å²) >= 11 is 0. The molecule has 0 fully saturated rings. The molecule has 0 saturated carbocycles. The topological polar surface area (TPSA) is 112 Å². The molecule has 2 aromatic heterocycles. The Morgan fingerprint density at radius 3 is 2.78 bits per heavy atom. The number of aromatic nitrogens is 3. The number of fused-ring (bicyclic) bond motifs is 2. The van der Waals surface area contributed by atoms with E-state index in [1.54, 1.807) is 0 Å². The third-order valence-electron chi connectivity index (χ3n) is 4.63. The Morgan fingerprint density at radius 2 is 1.96 bits per heavy atom. The van der Waals surface area contributed by atoms with E-state index in [4.69, 9.17) is 11.5 Å². The molecule has 0 spiro atoms. The predicted molar refractivity (Wildman–Crippen MR) is 107 cm³/mol. The number of carbonyl (C=O) groups excluding carboxylic acids is 1. The number of nitrogens with zero attached hydrogens (tertiary/aromatic N) is 3. The smallest absolute Gasteiger partial charge is 0.251 e. The minimum absolute atomic E-state index is 0.122. The number of aryl methyl sites for hydroxylation is 1. The zero-order valence-electron chi connectivity index (χ0n) is 14.9. The predicted octanol–water partition coefficient (Wildman–Crippen LogP) is 2.70. The fourth-order valence-electron chi connectivity index (χ4n) is 3.23. The zero-order chi connectivity index (χ0) is 19.0.